The molecule has 0 spiro atoms. The van der Waals surface area contributed by atoms with Crippen molar-refractivity contribution in [2.45, 2.75) is 46.5 Å². The van der Waals surface area contributed by atoms with E-state index in [1.807, 2.05) is 39.0 Å². The summed E-state index contributed by atoms with van der Waals surface area (Å²) in [6.07, 6.45) is 8.37. The van der Waals surface area contributed by atoms with Gasteiger partial charge in [-0.1, -0.05) is 45.2 Å². The quantitative estimate of drug-likeness (QED) is 0.400. The maximum absolute atomic E-state index is 13.3. The van der Waals surface area contributed by atoms with Crippen molar-refractivity contribution in [1.82, 2.24) is 9.88 Å². The van der Waals surface area contributed by atoms with Crippen LogP contribution in [0.3, 0.4) is 0 Å². The number of piperidine rings is 1. The topological polar surface area (TPSA) is 45.2 Å². The van der Waals surface area contributed by atoms with Gasteiger partial charge in [0.1, 0.15) is 5.69 Å². The summed E-state index contributed by atoms with van der Waals surface area (Å²) in [7, 11) is 0. The van der Waals surface area contributed by atoms with Gasteiger partial charge in [-0.05, 0) is 43.4 Å². The van der Waals surface area contributed by atoms with Gasteiger partial charge < -0.3 is 10.2 Å². The standard InChI is InChI=1S/C22H26F3N3O.C2H6/c1-5-6-7-19(17-10-12-28(13-11-17)21(29)15(2)23)16(3)27-18-8-9-20(26-14-18)22(4,24)25;1-2/h5-9,14,17,27H,2-3,10-13H2,1,4H3;1-2H3/b6-5-,19-7+;. The Morgan fingerprint density at radius 2 is 1.87 bits per heavy atom. The Hall–Kier alpha value is -2.83. The molecule has 170 valence electrons. The Morgan fingerprint density at radius 3 is 2.32 bits per heavy atom. The van der Waals surface area contributed by atoms with E-state index >= 15 is 0 Å². The molecule has 31 heavy (non-hydrogen) atoms. The lowest BCUT2D eigenvalue weighted by Crippen LogP contribution is -2.39. The molecule has 1 aromatic heterocycles. The lowest BCUT2D eigenvalue weighted by Gasteiger charge is -2.33. The molecular weight excluding hydrogens is 403 g/mol. The van der Waals surface area contributed by atoms with Crippen molar-refractivity contribution in [3.8, 4) is 0 Å². The molecule has 0 saturated carbocycles. The Bertz CT molecular complexity index is 815. The summed E-state index contributed by atoms with van der Waals surface area (Å²) in [5.41, 5.74) is 1.82. The predicted molar refractivity (Wildman–Crippen MR) is 120 cm³/mol. The van der Waals surface area contributed by atoms with Crippen LogP contribution >= 0.6 is 0 Å². The fraction of sp³-hybridized carbons (Fsp3) is 0.417. The van der Waals surface area contributed by atoms with Gasteiger partial charge in [0.25, 0.3) is 11.8 Å². The number of pyridine rings is 1. The van der Waals surface area contributed by atoms with Gasteiger partial charge in [0.15, 0.2) is 5.83 Å². The van der Waals surface area contributed by atoms with E-state index in [4.69, 9.17) is 0 Å². The van der Waals surface area contributed by atoms with Gasteiger partial charge in [0.2, 0.25) is 0 Å². The van der Waals surface area contributed by atoms with Crippen molar-refractivity contribution < 1.29 is 18.0 Å². The van der Waals surface area contributed by atoms with Crippen LogP contribution in [0.2, 0.25) is 0 Å². The highest BCUT2D eigenvalue weighted by Crippen LogP contribution is 2.31. The van der Waals surface area contributed by atoms with Gasteiger partial charge in [-0.25, -0.2) is 4.39 Å². The van der Waals surface area contributed by atoms with E-state index < -0.39 is 17.7 Å². The molecule has 1 aliphatic rings. The molecule has 4 nitrogen and oxygen atoms in total. The van der Waals surface area contributed by atoms with E-state index in [1.165, 1.54) is 23.2 Å². The third kappa shape index (κ3) is 7.74. The number of nitrogens with one attached hydrogen (secondary N) is 1. The number of anilines is 1. The van der Waals surface area contributed by atoms with E-state index in [0.29, 0.717) is 37.3 Å². The predicted octanol–water partition coefficient (Wildman–Crippen LogP) is 6.37. The first-order chi connectivity index (χ1) is 14.6. The third-order valence-corrected chi connectivity index (χ3v) is 4.78. The molecule has 1 amide bonds. The minimum atomic E-state index is -3.00. The lowest BCUT2D eigenvalue weighted by molar-refractivity contribution is -0.129. The van der Waals surface area contributed by atoms with Crippen molar-refractivity contribution in [2.24, 2.45) is 5.92 Å². The summed E-state index contributed by atoms with van der Waals surface area (Å²) in [4.78, 5) is 17.0. The molecular formula is C24H32F3N3O. The zero-order valence-corrected chi connectivity index (χ0v) is 18.7. The van der Waals surface area contributed by atoms with E-state index in [1.54, 1.807) is 0 Å². The zero-order valence-electron chi connectivity index (χ0n) is 18.7. The molecule has 0 aliphatic carbocycles. The summed E-state index contributed by atoms with van der Waals surface area (Å²) >= 11 is 0. The molecule has 1 fully saturated rings. The second-order valence-corrected chi connectivity index (χ2v) is 7.04. The first kappa shape index (κ1) is 26.2. The van der Waals surface area contributed by atoms with Crippen molar-refractivity contribution in [1.29, 1.82) is 0 Å². The molecule has 1 aromatic rings. The van der Waals surface area contributed by atoms with Crippen molar-refractivity contribution >= 4 is 11.6 Å². The van der Waals surface area contributed by atoms with Crippen molar-refractivity contribution in [2.75, 3.05) is 18.4 Å². The van der Waals surface area contributed by atoms with Crippen LogP contribution < -0.4 is 5.32 Å². The van der Waals surface area contributed by atoms with E-state index in [2.05, 4.69) is 23.5 Å². The molecule has 0 bridgehead atoms. The second kappa shape index (κ2) is 12.1. The highest BCUT2D eigenvalue weighted by atomic mass is 19.3. The van der Waals surface area contributed by atoms with Crippen LogP contribution in [0.1, 0.15) is 46.2 Å². The first-order valence-electron chi connectivity index (χ1n) is 10.4. The van der Waals surface area contributed by atoms with E-state index in [0.717, 1.165) is 12.5 Å². The first-order valence-corrected chi connectivity index (χ1v) is 10.4. The molecule has 2 rings (SSSR count). The number of likely N-dealkylation sites (tertiary alicyclic amines) is 1. The smallest absolute Gasteiger partial charge is 0.286 e. The fourth-order valence-electron chi connectivity index (χ4n) is 3.22. The highest BCUT2D eigenvalue weighted by molar-refractivity contribution is 5.90. The Balaban J connectivity index is 0.00000233. The summed E-state index contributed by atoms with van der Waals surface area (Å²) in [6.45, 7) is 14.7. The van der Waals surface area contributed by atoms with Gasteiger partial charge in [-0.15, -0.1) is 0 Å². The largest absolute Gasteiger partial charge is 0.355 e. The fourth-order valence-corrected chi connectivity index (χ4v) is 3.22. The van der Waals surface area contributed by atoms with E-state index in [9.17, 15) is 18.0 Å². The monoisotopic (exact) mass is 435 g/mol. The van der Waals surface area contributed by atoms with Gasteiger partial charge in [0, 0.05) is 25.7 Å². The maximum atomic E-state index is 13.3. The zero-order chi connectivity index (χ0) is 23.6. The Labute approximate surface area is 183 Å². The number of rotatable bonds is 7. The van der Waals surface area contributed by atoms with Crippen LogP contribution in [0.25, 0.3) is 0 Å². The number of allylic oxidation sites excluding steroid dienone is 4. The molecule has 0 radical (unpaired) electrons. The highest BCUT2D eigenvalue weighted by Gasteiger charge is 2.28. The summed E-state index contributed by atoms with van der Waals surface area (Å²) in [5.74, 6) is -4.50. The summed E-state index contributed by atoms with van der Waals surface area (Å²) < 4.78 is 39.7. The van der Waals surface area contributed by atoms with Crippen LogP contribution in [0.15, 0.2) is 66.8 Å². The average Bonchev–Trinajstić information content (AvgIpc) is 2.75. The maximum Gasteiger partial charge on any atom is 0.286 e. The normalized spacial score (nSPS) is 15.3. The summed E-state index contributed by atoms with van der Waals surface area (Å²) in [6, 6.07) is 2.81. The number of hydrogen-bond acceptors (Lipinski definition) is 3. The van der Waals surface area contributed by atoms with Gasteiger partial charge in [-0.3, -0.25) is 9.78 Å². The molecule has 1 saturated heterocycles. The summed E-state index contributed by atoms with van der Waals surface area (Å²) in [5, 5.41) is 3.12. The minimum Gasteiger partial charge on any atom is -0.355 e. The number of alkyl halides is 2. The Morgan fingerprint density at radius 1 is 1.26 bits per heavy atom. The number of carbonyl (C=O) groups is 1. The Kier molecular flexibility index (Phi) is 10.3. The van der Waals surface area contributed by atoms with Crippen LogP contribution in [-0.4, -0.2) is 28.9 Å². The molecule has 1 aliphatic heterocycles. The number of aromatic nitrogens is 1. The number of nitrogens with zero attached hydrogens (tertiary/aromatic N) is 2. The SMILES string of the molecule is C=C(F)C(=O)N1CCC(/C(=C/C=C\C)C(=C)Nc2ccc(C(C)(F)F)nc2)CC1.CC. The van der Waals surface area contributed by atoms with Crippen LogP contribution in [0.4, 0.5) is 18.9 Å². The van der Waals surface area contributed by atoms with Crippen LogP contribution in [0.5, 0.6) is 0 Å². The molecule has 0 unspecified atom stereocenters. The number of hydrogen-bond donors (Lipinski definition) is 1. The lowest BCUT2D eigenvalue weighted by atomic mass is 9.87. The molecule has 1 N–H and O–H groups in total. The average molecular weight is 436 g/mol. The number of amides is 1. The molecule has 7 heteroatoms. The number of carbonyl (C=O) groups excluding carboxylic acids is 1. The van der Waals surface area contributed by atoms with Crippen molar-refractivity contribution in [3.05, 3.63) is 72.5 Å². The minimum absolute atomic E-state index is 0.121. The molecule has 0 aromatic carbocycles. The van der Waals surface area contributed by atoms with Gasteiger partial charge in [0.05, 0.1) is 11.9 Å². The van der Waals surface area contributed by atoms with Crippen LogP contribution in [-0.2, 0) is 10.7 Å². The second-order valence-electron chi connectivity index (χ2n) is 7.04. The van der Waals surface area contributed by atoms with E-state index in [-0.39, 0.29) is 11.6 Å². The van der Waals surface area contributed by atoms with Crippen molar-refractivity contribution in [3.63, 3.8) is 0 Å². The molecule has 2 heterocycles. The van der Waals surface area contributed by atoms with Crippen LogP contribution in [0, 0.1) is 5.92 Å². The number of halogens is 3. The van der Waals surface area contributed by atoms with Gasteiger partial charge in [-0.2, -0.15) is 8.78 Å². The van der Waals surface area contributed by atoms with Gasteiger partial charge >= 0.3 is 0 Å². The molecule has 0 atom stereocenters. The third-order valence-electron chi connectivity index (χ3n) is 4.78.